The number of aromatic nitrogens is 2. The second-order valence-electron chi connectivity index (χ2n) is 5.73. The van der Waals surface area contributed by atoms with E-state index in [0.717, 1.165) is 23.4 Å². The van der Waals surface area contributed by atoms with Crippen molar-refractivity contribution in [3.05, 3.63) is 66.1 Å². The van der Waals surface area contributed by atoms with Crippen LogP contribution in [0.4, 0.5) is 0 Å². The van der Waals surface area contributed by atoms with Gasteiger partial charge >= 0.3 is 0 Å². The zero-order chi connectivity index (χ0) is 16.9. The summed E-state index contributed by atoms with van der Waals surface area (Å²) in [6, 6.07) is 17.8. The summed E-state index contributed by atoms with van der Waals surface area (Å²) >= 11 is 0. The molecule has 0 saturated carbocycles. The van der Waals surface area contributed by atoms with E-state index in [1.807, 2.05) is 55.6 Å². The molecule has 0 aliphatic carbocycles. The van der Waals surface area contributed by atoms with Crippen molar-refractivity contribution in [2.45, 2.75) is 19.5 Å². The molecule has 0 aliphatic heterocycles. The number of benzene rings is 2. The van der Waals surface area contributed by atoms with Crippen LogP contribution in [0.3, 0.4) is 0 Å². The highest BCUT2D eigenvalue weighted by atomic mass is 16.5. The molecule has 0 aliphatic rings. The van der Waals surface area contributed by atoms with Crippen LogP contribution in [0.2, 0.25) is 0 Å². The Hall–Kier alpha value is -2.66. The maximum atomic E-state index is 5.46. The first-order chi connectivity index (χ1) is 11.7. The van der Waals surface area contributed by atoms with E-state index in [4.69, 9.17) is 9.26 Å². The molecule has 1 aromatic heterocycles. The molecular weight excluding hydrogens is 302 g/mol. The molecule has 2 aromatic carbocycles. The van der Waals surface area contributed by atoms with Gasteiger partial charge in [0.05, 0.1) is 13.2 Å². The lowest BCUT2D eigenvalue weighted by molar-refractivity contribution is 0.200. The lowest BCUT2D eigenvalue weighted by Crippen LogP contribution is -2.22. The number of ether oxygens (including phenoxy) is 1. The number of rotatable bonds is 6. The summed E-state index contributed by atoms with van der Waals surface area (Å²) in [7, 11) is 3.72. The van der Waals surface area contributed by atoms with Gasteiger partial charge in [-0.15, -0.1) is 0 Å². The molecule has 0 bridgehead atoms. The number of nitrogens with zero attached hydrogens (tertiary/aromatic N) is 3. The molecular formula is C19H21N3O2. The number of hydrogen-bond donors (Lipinski definition) is 0. The standard InChI is InChI=1S/C19H21N3O2/c1-14(22(2)13-16-11-7-8-12-17(16)23-3)19-20-18(21-24-19)15-9-5-4-6-10-15/h4-12,14H,13H2,1-3H3. The summed E-state index contributed by atoms with van der Waals surface area (Å²) in [5, 5.41) is 4.09. The first-order valence-electron chi connectivity index (χ1n) is 7.90. The van der Waals surface area contributed by atoms with Crippen LogP contribution in [0.1, 0.15) is 24.4 Å². The summed E-state index contributed by atoms with van der Waals surface area (Å²) in [6.45, 7) is 2.78. The molecule has 3 aromatic rings. The average Bonchev–Trinajstić information content (AvgIpc) is 3.12. The second kappa shape index (κ2) is 7.27. The van der Waals surface area contributed by atoms with E-state index >= 15 is 0 Å². The molecule has 0 radical (unpaired) electrons. The van der Waals surface area contributed by atoms with E-state index in [2.05, 4.69) is 28.0 Å². The molecule has 5 heteroatoms. The summed E-state index contributed by atoms with van der Waals surface area (Å²) in [5.41, 5.74) is 2.07. The van der Waals surface area contributed by atoms with Gasteiger partial charge in [-0.2, -0.15) is 4.98 Å². The van der Waals surface area contributed by atoms with Crippen molar-refractivity contribution < 1.29 is 9.26 Å². The molecule has 1 heterocycles. The van der Waals surface area contributed by atoms with Gasteiger partial charge in [-0.25, -0.2) is 0 Å². The van der Waals surface area contributed by atoms with Crippen molar-refractivity contribution in [1.29, 1.82) is 0 Å². The van der Waals surface area contributed by atoms with Gasteiger partial charge in [-0.3, -0.25) is 4.90 Å². The Bertz CT molecular complexity index is 786. The van der Waals surface area contributed by atoms with E-state index < -0.39 is 0 Å². The van der Waals surface area contributed by atoms with Gasteiger partial charge < -0.3 is 9.26 Å². The minimum Gasteiger partial charge on any atom is -0.496 e. The number of methoxy groups -OCH3 is 1. The van der Waals surface area contributed by atoms with Crippen LogP contribution in [0.5, 0.6) is 5.75 Å². The zero-order valence-corrected chi connectivity index (χ0v) is 14.1. The molecule has 0 fully saturated rings. The van der Waals surface area contributed by atoms with Gasteiger partial charge in [0.25, 0.3) is 0 Å². The highest BCUT2D eigenvalue weighted by molar-refractivity contribution is 5.53. The summed E-state index contributed by atoms with van der Waals surface area (Å²) in [6.07, 6.45) is 0. The fourth-order valence-electron chi connectivity index (χ4n) is 2.54. The van der Waals surface area contributed by atoms with Crippen LogP contribution >= 0.6 is 0 Å². The van der Waals surface area contributed by atoms with E-state index in [1.165, 1.54) is 0 Å². The van der Waals surface area contributed by atoms with Crippen molar-refractivity contribution in [3.63, 3.8) is 0 Å². The topological polar surface area (TPSA) is 51.4 Å². The molecule has 24 heavy (non-hydrogen) atoms. The van der Waals surface area contributed by atoms with Crippen molar-refractivity contribution in [2.24, 2.45) is 0 Å². The van der Waals surface area contributed by atoms with Crippen molar-refractivity contribution in [1.82, 2.24) is 15.0 Å². The predicted molar refractivity (Wildman–Crippen MR) is 92.6 cm³/mol. The Morgan fingerprint density at radius 1 is 1.08 bits per heavy atom. The van der Waals surface area contributed by atoms with E-state index in [1.54, 1.807) is 7.11 Å². The molecule has 124 valence electrons. The fraction of sp³-hybridized carbons (Fsp3) is 0.263. The van der Waals surface area contributed by atoms with Crippen LogP contribution in [-0.4, -0.2) is 29.2 Å². The molecule has 0 N–H and O–H groups in total. The summed E-state index contributed by atoms with van der Waals surface area (Å²) in [5.74, 6) is 2.10. The Morgan fingerprint density at radius 2 is 1.79 bits per heavy atom. The van der Waals surface area contributed by atoms with E-state index in [0.29, 0.717) is 11.7 Å². The van der Waals surface area contributed by atoms with Gasteiger partial charge in [0.1, 0.15) is 5.75 Å². The fourth-order valence-corrected chi connectivity index (χ4v) is 2.54. The lowest BCUT2D eigenvalue weighted by atomic mass is 10.1. The third-order valence-corrected chi connectivity index (χ3v) is 4.10. The van der Waals surface area contributed by atoms with Crippen molar-refractivity contribution in [2.75, 3.05) is 14.2 Å². The van der Waals surface area contributed by atoms with Crippen molar-refractivity contribution >= 4 is 0 Å². The Labute approximate surface area is 141 Å². The van der Waals surface area contributed by atoms with E-state index in [-0.39, 0.29) is 6.04 Å². The van der Waals surface area contributed by atoms with Crippen LogP contribution in [0.25, 0.3) is 11.4 Å². The Kier molecular flexibility index (Phi) is 4.91. The quantitative estimate of drug-likeness (QED) is 0.688. The second-order valence-corrected chi connectivity index (χ2v) is 5.73. The third kappa shape index (κ3) is 3.46. The lowest BCUT2D eigenvalue weighted by Gasteiger charge is -2.22. The molecule has 5 nitrogen and oxygen atoms in total. The van der Waals surface area contributed by atoms with E-state index in [9.17, 15) is 0 Å². The van der Waals surface area contributed by atoms with Gasteiger partial charge in [0, 0.05) is 17.7 Å². The maximum Gasteiger partial charge on any atom is 0.244 e. The molecule has 0 saturated heterocycles. The molecule has 0 spiro atoms. The number of para-hydroxylation sites is 1. The smallest absolute Gasteiger partial charge is 0.244 e. The first-order valence-corrected chi connectivity index (χ1v) is 7.90. The van der Waals surface area contributed by atoms with Gasteiger partial charge in [0.15, 0.2) is 0 Å². The predicted octanol–water partition coefficient (Wildman–Crippen LogP) is 3.94. The minimum absolute atomic E-state index is 0.000116. The number of hydrogen-bond acceptors (Lipinski definition) is 5. The largest absolute Gasteiger partial charge is 0.496 e. The van der Waals surface area contributed by atoms with Gasteiger partial charge in [-0.05, 0) is 20.0 Å². The van der Waals surface area contributed by atoms with Crippen LogP contribution in [0, 0.1) is 0 Å². The van der Waals surface area contributed by atoms with Crippen LogP contribution < -0.4 is 4.74 Å². The maximum absolute atomic E-state index is 5.46. The van der Waals surface area contributed by atoms with Gasteiger partial charge in [-0.1, -0.05) is 53.7 Å². The SMILES string of the molecule is COc1ccccc1CN(C)C(C)c1nc(-c2ccccc2)no1. The molecule has 1 atom stereocenters. The molecule has 3 rings (SSSR count). The summed E-state index contributed by atoms with van der Waals surface area (Å²) < 4.78 is 10.9. The monoisotopic (exact) mass is 323 g/mol. The molecule has 0 amide bonds. The van der Waals surface area contributed by atoms with Gasteiger partial charge in [0.2, 0.25) is 11.7 Å². The highest BCUT2D eigenvalue weighted by Crippen LogP contribution is 2.25. The van der Waals surface area contributed by atoms with Crippen molar-refractivity contribution in [3.8, 4) is 17.1 Å². The normalized spacial score (nSPS) is 12.3. The third-order valence-electron chi connectivity index (χ3n) is 4.10. The van der Waals surface area contributed by atoms with Crippen LogP contribution in [-0.2, 0) is 6.54 Å². The molecule has 1 unspecified atom stereocenters. The highest BCUT2D eigenvalue weighted by Gasteiger charge is 2.20. The Morgan fingerprint density at radius 3 is 2.54 bits per heavy atom. The first kappa shape index (κ1) is 16.2. The zero-order valence-electron chi connectivity index (χ0n) is 14.1. The Balaban J connectivity index is 1.74. The minimum atomic E-state index is -0.000116. The summed E-state index contributed by atoms with van der Waals surface area (Å²) in [4.78, 5) is 6.69. The average molecular weight is 323 g/mol. The van der Waals surface area contributed by atoms with Crippen LogP contribution in [0.15, 0.2) is 59.1 Å².